The molecule has 1 rings (SSSR count). The lowest BCUT2D eigenvalue weighted by Crippen LogP contribution is -2.07. The lowest BCUT2D eigenvalue weighted by atomic mass is 10.1. The Labute approximate surface area is 97.6 Å². The van der Waals surface area contributed by atoms with E-state index in [1.54, 1.807) is 6.07 Å². The monoisotopic (exact) mass is 219 g/mol. The minimum absolute atomic E-state index is 0.262. The molecule has 16 heavy (non-hydrogen) atoms. The zero-order valence-corrected chi connectivity index (χ0v) is 9.87. The van der Waals surface area contributed by atoms with Crippen LogP contribution in [-0.2, 0) is 4.74 Å². The Morgan fingerprint density at radius 1 is 1.25 bits per heavy atom. The molecule has 0 fully saturated rings. The molecule has 1 radical (unpaired) electrons. The highest BCUT2D eigenvalue weighted by molar-refractivity contribution is 5.91. The second kappa shape index (κ2) is 7.04. The molecule has 0 heterocycles. The van der Waals surface area contributed by atoms with Gasteiger partial charge in [-0.25, -0.2) is 4.79 Å². The molecule has 2 heteroatoms. The molecule has 0 bridgehead atoms. The van der Waals surface area contributed by atoms with Crippen molar-refractivity contribution in [3.63, 3.8) is 0 Å². The van der Waals surface area contributed by atoms with Crippen molar-refractivity contribution in [1.82, 2.24) is 0 Å². The summed E-state index contributed by atoms with van der Waals surface area (Å²) in [5.41, 5.74) is 1.29. The average molecular weight is 219 g/mol. The van der Waals surface area contributed by atoms with Gasteiger partial charge < -0.3 is 4.74 Å². The molecule has 2 nitrogen and oxygen atoms in total. The van der Waals surface area contributed by atoms with Crippen LogP contribution in [0.1, 0.15) is 48.5 Å². The fourth-order valence-corrected chi connectivity index (χ4v) is 1.49. The number of unbranched alkanes of at least 4 members (excludes halogenated alkanes) is 3. The van der Waals surface area contributed by atoms with Gasteiger partial charge in [-0.1, -0.05) is 44.4 Å². The van der Waals surface area contributed by atoms with Crippen LogP contribution < -0.4 is 0 Å². The van der Waals surface area contributed by atoms with Crippen LogP contribution in [-0.4, -0.2) is 12.6 Å². The standard InChI is InChI=1S/C14H19O2/c1-3-4-5-8-11-16-14(15)13-10-7-6-9-12(13)2/h6-7,9-10H,2-5,8,11H2,1H3. The van der Waals surface area contributed by atoms with Gasteiger partial charge in [-0.2, -0.15) is 0 Å². The van der Waals surface area contributed by atoms with E-state index in [2.05, 4.69) is 13.8 Å². The third-order valence-corrected chi connectivity index (χ3v) is 2.47. The number of carbonyl (C=O) groups excluding carboxylic acids is 1. The summed E-state index contributed by atoms with van der Waals surface area (Å²) in [5.74, 6) is -0.262. The van der Waals surface area contributed by atoms with Gasteiger partial charge in [0.05, 0.1) is 12.2 Å². The van der Waals surface area contributed by atoms with Crippen molar-refractivity contribution in [3.05, 3.63) is 42.3 Å². The maximum atomic E-state index is 11.6. The SMILES string of the molecule is [CH2]c1ccccc1C(=O)OCCCCCC. The molecule has 87 valence electrons. The zero-order valence-electron chi connectivity index (χ0n) is 9.87. The topological polar surface area (TPSA) is 26.3 Å². The van der Waals surface area contributed by atoms with E-state index in [9.17, 15) is 4.79 Å². The fraction of sp³-hybridized carbons (Fsp3) is 0.429. The Morgan fingerprint density at radius 2 is 2.00 bits per heavy atom. The van der Waals surface area contributed by atoms with Crippen LogP contribution in [0.4, 0.5) is 0 Å². The molecule has 0 atom stereocenters. The van der Waals surface area contributed by atoms with E-state index in [1.165, 1.54) is 12.8 Å². The smallest absolute Gasteiger partial charge is 0.338 e. The average Bonchev–Trinajstić information content (AvgIpc) is 2.29. The van der Waals surface area contributed by atoms with Crippen molar-refractivity contribution in [2.24, 2.45) is 0 Å². The first-order valence-electron chi connectivity index (χ1n) is 5.83. The van der Waals surface area contributed by atoms with Gasteiger partial charge in [-0.15, -0.1) is 0 Å². The Balaban J connectivity index is 2.33. The van der Waals surface area contributed by atoms with Gasteiger partial charge in [-0.05, 0) is 25.0 Å². The second-order valence-corrected chi connectivity index (χ2v) is 3.85. The molecule has 0 saturated carbocycles. The lowest BCUT2D eigenvalue weighted by Gasteiger charge is -2.06. The highest BCUT2D eigenvalue weighted by Crippen LogP contribution is 2.09. The molecule has 0 spiro atoms. The Bertz CT molecular complexity index is 331. The molecular weight excluding hydrogens is 200 g/mol. The van der Waals surface area contributed by atoms with E-state index < -0.39 is 0 Å². The summed E-state index contributed by atoms with van der Waals surface area (Å²) >= 11 is 0. The van der Waals surface area contributed by atoms with Gasteiger partial charge >= 0.3 is 5.97 Å². The van der Waals surface area contributed by atoms with E-state index in [0.717, 1.165) is 18.4 Å². The summed E-state index contributed by atoms with van der Waals surface area (Å²) in [4.78, 5) is 11.6. The van der Waals surface area contributed by atoms with E-state index >= 15 is 0 Å². The number of esters is 1. The lowest BCUT2D eigenvalue weighted by molar-refractivity contribution is 0.0497. The van der Waals surface area contributed by atoms with Crippen molar-refractivity contribution < 1.29 is 9.53 Å². The molecule has 1 aromatic rings. The molecule has 0 aliphatic rings. The van der Waals surface area contributed by atoms with Gasteiger partial charge in [0, 0.05) is 0 Å². The quantitative estimate of drug-likeness (QED) is 0.539. The van der Waals surface area contributed by atoms with Crippen molar-refractivity contribution in [1.29, 1.82) is 0 Å². The zero-order chi connectivity index (χ0) is 11.8. The van der Waals surface area contributed by atoms with Gasteiger partial charge in [0.15, 0.2) is 0 Å². The number of hydrogen-bond donors (Lipinski definition) is 0. The molecule has 0 aliphatic heterocycles. The number of rotatable bonds is 6. The highest BCUT2D eigenvalue weighted by atomic mass is 16.5. The normalized spacial score (nSPS) is 10.1. The van der Waals surface area contributed by atoms with Crippen LogP contribution in [0.15, 0.2) is 24.3 Å². The van der Waals surface area contributed by atoms with Crippen molar-refractivity contribution in [2.75, 3.05) is 6.61 Å². The van der Waals surface area contributed by atoms with Crippen LogP contribution >= 0.6 is 0 Å². The van der Waals surface area contributed by atoms with Gasteiger partial charge in [0.1, 0.15) is 0 Å². The second-order valence-electron chi connectivity index (χ2n) is 3.85. The molecule has 0 unspecified atom stereocenters. The Kier molecular flexibility index (Phi) is 5.62. The molecule has 0 N–H and O–H groups in total. The third kappa shape index (κ3) is 4.05. The number of hydrogen-bond acceptors (Lipinski definition) is 2. The van der Waals surface area contributed by atoms with Gasteiger partial charge in [-0.3, -0.25) is 0 Å². The summed E-state index contributed by atoms with van der Waals surface area (Å²) in [6, 6.07) is 7.24. The first-order valence-corrected chi connectivity index (χ1v) is 5.83. The highest BCUT2D eigenvalue weighted by Gasteiger charge is 2.08. The summed E-state index contributed by atoms with van der Waals surface area (Å²) in [6.07, 6.45) is 4.45. The van der Waals surface area contributed by atoms with Crippen LogP contribution in [0.5, 0.6) is 0 Å². The first kappa shape index (κ1) is 12.8. The van der Waals surface area contributed by atoms with Gasteiger partial charge in [0.25, 0.3) is 0 Å². The summed E-state index contributed by atoms with van der Waals surface area (Å²) < 4.78 is 5.18. The van der Waals surface area contributed by atoms with Crippen LogP contribution in [0.3, 0.4) is 0 Å². The predicted octanol–water partition coefficient (Wildman–Crippen LogP) is 3.61. The van der Waals surface area contributed by atoms with Crippen molar-refractivity contribution >= 4 is 5.97 Å². The minimum atomic E-state index is -0.262. The molecule has 0 aliphatic carbocycles. The Morgan fingerprint density at radius 3 is 2.69 bits per heavy atom. The predicted molar refractivity (Wildman–Crippen MR) is 65.3 cm³/mol. The fourth-order valence-electron chi connectivity index (χ4n) is 1.49. The molecule has 0 amide bonds. The van der Waals surface area contributed by atoms with Crippen LogP contribution in [0.2, 0.25) is 0 Å². The minimum Gasteiger partial charge on any atom is -0.462 e. The Hall–Kier alpha value is -1.31. The number of benzene rings is 1. The van der Waals surface area contributed by atoms with E-state index in [-0.39, 0.29) is 5.97 Å². The molecule has 0 saturated heterocycles. The number of ether oxygens (including phenoxy) is 1. The summed E-state index contributed by atoms with van der Waals surface area (Å²) in [7, 11) is 0. The molecule has 0 aromatic heterocycles. The van der Waals surface area contributed by atoms with Crippen molar-refractivity contribution in [3.8, 4) is 0 Å². The first-order chi connectivity index (χ1) is 7.75. The van der Waals surface area contributed by atoms with E-state index in [0.29, 0.717) is 12.2 Å². The van der Waals surface area contributed by atoms with Gasteiger partial charge in [0.2, 0.25) is 0 Å². The molecular formula is C14H19O2. The van der Waals surface area contributed by atoms with Crippen molar-refractivity contribution in [2.45, 2.75) is 32.6 Å². The number of carbonyl (C=O) groups is 1. The molecule has 1 aromatic carbocycles. The van der Waals surface area contributed by atoms with Crippen LogP contribution in [0.25, 0.3) is 0 Å². The summed E-state index contributed by atoms with van der Waals surface area (Å²) in [5, 5.41) is 0. The van der Waals surface area contributed by atoms with Crippen LogP contribution in [0, 0.1) is 6.92 Å². The van der Waals surface area contributed by atoms with E-state index in [1.807, 2.05) is 18.2 Å². The maximum absolute atomic E-state index is 11.6. The maximum Gasteiger partial charge on any atom is 0.338 e. The third-order valence-electron chi connectivity index (χ3n) is 2.47. The largest absolute Gasteiger partial charge is 0.462 e. The van der Waals surface area contributed by atoms with E-state index in [4.69, 9.17) is 4.74 Å². The summed E-state index contributed by atoms with van der Waals surface area (Å²) in [6.45, 7) is 6.46.